The minimum atomic E-state index is -1.56. The van der Waals surface area contributed by atoms with E-state index in [1.165, 1.54) is 63.5 Å². The Kier molecular flexibility index (Phi) is 28.2. The molecule has 0 bridgehead atoms. The third kappa shape index (κ3) is 18.1. The predicted molar refractivity (Wildman–Crippen MR) is 382 cm³/mol. The van der Waals surface area contributed by atoms with Gasteiger partial charge >= 0.3 is 11.9 Å². The molecule has 6 heterocycles. The van der Waals surface area contributed by atoms with Gasteiger partial charge in [-0.25, -0.2) is 9.59 Å². The molecule has 0 radical (unpaired) electrons. The van der Waals surface area contributed by atoms with Gasteiger partial charge in [-0.3, -0.25) is 60.7 Å². The van der Waals surface area contributed by atoms with Crippen LogP contribution in [0.1, 0.15) is 56.8 Å². The van der Waals surface area contributed by atoms with E-state index in [0.29, 0.717) is 24.3 Å². The standard InChI is InChI=1S/2C17H5N5O8.3C6H4S4.2C2H3N/c2*18-5-8(6-19)14-10-1-7(17(23)24)2-12(21(27)28)15(10)16-11(14)3-9(20(25)26)4-13(16)22(29)30;3*1-2-8-5(7-1)6-9-3-4-10-6;2*1-2-3/h2*1-4H,(H,23,24);3*1-4H;2*1H3. The van der Waals surface area contributed by atoms with Gasteiger partial charge in [-0.15, -0.1) is 0 Å². The van der Waals surface area contributed by atoms with E-state index in [-0.39, 0.29) is 33.4 Å². The molecule has 2 aliphatic carbocycles. The summed E-state index contributed by atoms with van der Waals surface area (Å²) in [7, 11) is 0. The topological polar surface area (TPSA) is 476 Å². The molecule has 0 unspecified atom stereocenters. The number of non-ortho nitro benzene ring substituents is 2. The zero-order valence-corrected chi connectivity index (χ0v) is 57.2. The fourth-order valence-electron chi connectivity index (χ4n) is 8.27. The zero-order chi connectivity index (χ0) is 70.5. The van der Waals surface area contributed by atoms with Crippen LogP contribution in [0.4, 0.5) is 34.1 Å². The number of carbonyl (C=O) groups is 2. The molecule has 0 spiro atoms. The molecule has 2 N–H and O–H groups in total. The van der Waals surface area contributed by atoms with Gasteiger partial charge < -0.3 is 10.2 Å². The van der Waals surface area contributed by atoms with Gasteiger partial charge in [-0.2, -0.15) is 31.6 Å². The van der Waals surface area contributed by atoms with E-state index >= 15 is 0 Å². The number of nitro benzene ring substituents is 6. The first-order valence-electron chi connectivity index (χ1n) is 24.9. The first-order valence-corrected chi connectivity index (χ1v) is 35.4. The highest BCUT2D eigenvalue weighted by Crippen LogP contribution is 2.58. The van der Waals surface area contributed by atoms with Crippen LogP contribution in [0.2, 0.25) is 0 Å². The average Bonchev–Trinajstić information content (AvgIpc) is 1.57. The lowest BCUT2D eigenvalue weighted by Gasteiger charge is -2.05. The first kappa shape index (κ1) is 75.5. The van der Waals surface area contributed by atoms with E-state index in [0.717, 1.165) is 24.3 Å². The molecule has 480 valence electrons. The van der Waals surface area contributed by atoms with Crippen molar-refractivity contribution in [2.75, 3.05) is 0 Å². The van der Waals surface area contributed by atoms with Crippen molar-refractivity contribution in [3.8, 4) is 58.7 Å². The summed E-state index contributed by atoms with van der Waals surface area (Å²) in [5.74, 6) is -3.13. The Morgan fingerprint density at radius 3 is 0.688 bits per heavy atom. The minimum Gasteiger partial charge on any atom is -0.478 e. The largest absolute Gasteiger partial charge is 0.478 e. The van der Waals surface area contributed by atoms with E-state index < -0.39 is 120 Å². The third-order valence-electron chi connectivity index (χ3n) is 11.6. The quantitative estimate of drug-likeness (QED) is 0.0812. The molecule has 0 saturated heterocycles. The number of benzene rings is 4. The van der Waals surface area contributed by atoms with Crippen LogP contribution >= 0.6 is 141 Å². The van der Waals surface area contributed by atoms with Crippen LogP contribution in [0.5, 0.6) is 0 Å². The van der Waals surface area contributed by atoms with Crippen molar-refractivity contribution < 1.29 is 49.3 Å². The number of carboxylic acid groups (broad SMARTS) is 2. The molecule has 96 heavy (non-hydrogen) atoms. The summed E-state index contributed by atoms with van der Waals surface area (Å²) in [6, 6.07) is 15.7. The molecule has 0 amide bonds. The van der Waals surface area contributed by atoms with Crippen LogP contribution in [-0.2, 0) is 0 Å². The Hall–Kier alpha value is -9.50. The third-order valence-corrected chi connectivity index (χ3v) is 25.9. The summed E-state index contributed by atoms with van der Waals surface area (Å²) in [6.07, 6.45) is 0. The summed E-state index contributed by atoms with van der Waals surface area (Å²) in [6.45, 7) is 2.86. The van der Waals surface area contributed by atoms with Crippen LogP contribution in [0, 0.1) is 129 Å². The molecule has 8 aliphatic rings. The van der Waals surface area contributed by atoms with E-state index in [4.69, 9.17) is 10.5 Å². The number of nitrogens with zero attached hydrogens (tertiary/aromatic N) is 12. The second-order valence-corrected chi connectivity index (χ2v) is 29.5. The molecule has 12 rings (SSSR count). The first-order chi connectivity index (χ1) is 46.0. The van der Waals surface area contributed by atoms with Crippen LogP contribution in [0.15, 0.2) is 150 Å². The van der Waals surface area contributed by atoms with Crippen LogP contribution in [-0.4, -0.2) is 51.7 Å². The van der Waals surface area contributed by atoms with Crippen LogP contribution in [0.3, 0.4) is 0 Å². The van der Waals surface area contributed by atoms with Gasteiger partial charge in [-0.1, -0.05) is 141 Å². The molecule has 0 aromatic heterocycles. The van der Waals surface area contributed by atoms with Crippen molar-refractivity contribution >= 4 is 198 Å². The van der Waals surface area contributed by atoms with Gasteiger partial charge in [0.05, 0.1) is 113 Å². The van der Waals surface area contributed by atoms with Crippen molar-refractivity contribution in [2.24, 2.45) is 0 Å². The van der Waals surface area contributed by atoms with Gasteiger partial charge in [0, 0.05) is 71.5 Å². The monoisotopic (exact) mass is 1510 g/mol. The second-order valence-electron chi connectivity index (χ2n) is 16.9. The SMILES string of the molecule is C1=CSC(=C2SC=CS2)S1.C1=CSC(=C2SC=CS2)S1.C1=CSC(=C2SC=CS2)S1.CC#N.CC#N.N#CC(C#N)=C1c2cc(C(=O)O)cc([N+](=O)[O-])c2-c2c1cc([N+](=O)[O-])cc2[N+](=O)[O-].N#CC(C#N)=C1c2cc(C(=O)O)cc([N+](=O)[O-])c2-c2c1cc([N+](=O)[O-])cc2[N+](=O)[O-]. The molecule has 0 atom stereocenters. The van der Waals surface area contributed by atoms with Crippen molar-refractivity contribution in [2.45, 2.75) is 13.8 Å². The lowest BCUT2D eigenvalue weighted by atomic mass is 9.97. The number of carboxylic acids is 2. The molecule has 28 nitrogen and oxygen atoms in total. The molecule has 6 aliphatic heterocycles. The minimum absolute atomic E-state index is 0.293. The molecular formula is C56H28N12O16S12. The summed E-state index contributed by atoms with van der Waals surface area (Å²) in [4.78, 5) is 85.9. The number of nitriles is 6. The average molecular weight is 1510 g/mol. The van der Waals surface area contributed by atoms with Crippen LogP contribution < -0.4 is 0 Å². The number of allylic oxidation sites excluding steroid dienone is 2. The van der Waals surface area contributed by atoms with Crippen LogP contribution in [0.25, 0.3) is 33.4 Å². The number of rotatable bonds is 8. The Bertz CT molecular complexity index is 4040. The number of hydrogen-bond acceptors (Lipinski definition) is 32. The molecular weight excluding hydrogens is 1480 g/mol. The van der Waals surface area contributed by atoms with E-state index in [2.05, 4.69) is 64.9 Å². The van der Waals surface area contributed by atoms with Crippen molar-refractivity contribution in [3.63, 3.8) is 0 Å². The van der Waals surface area contributed by atoms with Gasteiger partial charge in [0.1, 0.15) is 35.4 Å². The summed E-state index contributed by atoms with van der Waals surface area (Å²) < 4.78 is 8.58. The van der Waals surface area contributed by atoms with Gasteiger partial charge in [-0.05, 0) is 77.0 Å². The maximum atomic E-state index is 11.6. The Balaban J connectivity index is 0.000000201. The number of fused-ring (bicyclic) bond motifs is 6. The van der Waals surface area contributed by atoms with Crippen molar-refractivity contribution in [3.05, 3.63) is 244 Å². The fourth-order valence-corrected chi connectivity index (χ4v) is 20.4. The highest BCUT2D eigenvalue weighted by atomic mass is 32.2. The maximum absolute atomic E-state index is 11.6. The predicted octanol–water partition coefficient (Wildman–Crippen LogP) is 19.0. The van der Waals surface area contributed by atoms with Crippen molar-refractivity contribution in [1.82, 2.24) is 0 Å². The number of aromatic carboxylic acids is 2. The second kappa shape index (κ2) is 35.8. The normalized spacial score (nSPS) is 14.2. The van der Waals surface area contributed by atoms with Gasteiger partial charge in [0.2, 0.25) is 0 Å². The number of nitro groups is 6. The maximum Gasteiger partial charge on any atom is 0.335 e. The highest BCUT2D eigenvalue weighted by molar-refractivity contribution is 8.34. The zero-order valence-electron chi connectivity index (χ0n) is 47.4. The van der Waals surface area contributed by atoms with E-state index in [1.54, 1.807) is 12.1 Å². The van der Waals surface area contributed by atoms with Gasteiger partial charge in [0.25, 0.3) is 34.1 Å². The lowest BCUT2D eigenvalue weighted by molar-refractivity contribution is -0.394. The van der Waals surface area contributed by atoms with Crippen molar-refractivity contribution in [1.29, 1.82) is 31.6 Å². The molecule has 40 heteroatoms. The summed E-state index contributed by atoms with van der Waals surface area (Å²) in [5, 5.41) is 165. The van der Waals surface area contributed by atoms with E-state index in [1.807, 2.05) is 141 Å². The highest BCUT2D eigenvalue weighted by Gasteiger charge is 2.43. The molecule has 4 aromatic carbocycles. The number of hydrogen-bond donors (Lipinski definition) is 2. The Morgan fingerprint density at radius 2 is 0.521 bits per heavy atom. The smallest absolute Gasteiger partial charge is 0.335 e. The Labute approximate surface area is 590 Å². The summed E-state index contributed by atoms with van der Waals surface area (Å²) >= 11 is 21.8. The molecule has 0 saturated carbocycles. The lowest BCUT2D eigenvalue weighted by Crippen LogP contribution is -2.02. The Morgan fingerprint density at radius 1 is 0.333 bits per heavy atom. The number of thioether (sulfide) groups is 12. The molecule has 0 fully saturated rings. The molecule has 4 aromatic rings. The van der Waals surface area contributed by atoms with Gasteiger partial charge in [0.15, 0.2) is 0 Å². The fraction of sp³-hybridized carbons (Fsp3) is 0.0357. The summed E-state index contributed by atoms with van der Waals surface area (Å²) in [5.41, 5.74) is -10.9. The van der Waals surface area contributed by atoms with E-state index in [9.17, 15) is 102 Å².